The fourth-order valence-corrected chi connectivity index (χ4v) is 3.57. The van der Waals surface area contributed by atoms with E-state index in [1.807, 2.05) is 6.92 Å². The molecular weight excluding hydrogens is 408 g/mol. The van der Waals surface area contributed by atoms with Crippen molar-refractivity contribution in [2.75, 3.05) is 13.7 Å². The van der Waals surface area contributed by atoms with Crippen LogP contribution in [0.1, 0.15) is 38.4 Å². The van der Waals surface area contributed by atoms with Crippen molar-refractivity contribution in [3.05, 3.63) is 35.7 Å². The van der Waals surface area contributed by atoms with Crippen molar-refractivity contribution < 1.29 is 33.6 Å². The zero-order chi connectivity index (χ0) is 22.5. The van der Waals surface area contributed by atoms with Gasteiger partial charge in [-0.25, -0.2) is 0 Å². The standard InChI is InChI=1S/C20H26N4O7/c1-11-18(28-4)19(30-13(3)26)16(10-29-12(2)25)31-20(11)24-22-17(21-23-24)9-14-5-7-15(27)8-6-14/h5-8,11,16,18-20,27H,9-10H2,1-4H3. The fourth-order valence-electron chi connectivity index (χ4n) is 3.57. The number of hydrogen-bond donors (Lipinski definition) is 1. The first-order valence-electron chi connectivity index (χ1n) is 9.83. The Balaban J connectivity index is 1.81. The molecule has 1 fully saturated rings. The highest BCUT2D eigenvalue weighted by molar-refractivity contribution is 5.66. The number of rotatable bonds is 7. The van der Waals surface area contributed by atoms with E-state index in [0.29, 0.717) is 12.2 Å². The molecule has 0 aliphatic carbocycles. The lowest BCUT2D eigenvalue weighted by Gasteiger charge is -2.43. The van der Waals surface area contributed by atoms with E-state index < -0.39 is 36.5 Å². The number of aromatic nitrogens is 4. The van der Waals surface area contributed by atoms with E-state index in [0.717, 1.165) is 5.56 Å². The number of carbonyl (C=O) groups is 2. The van der Waals surface area contributed by atoms with Gasteiger partial charge in [0, 0.05) is 33.3 Å². The van der Waals surface area contributed by atoms with Crippen LogP contribution in [0.2, 0.25) is 0 Å². The van der Waals surface area contributed by atoms with E-state index in [9.17, 15) is 14.7 Å². The summed E-state index contributed by atoms with van der Waals surface area (Å²) in [5.41, 5.74) is 0.910. The van der Waals surface area contributed by atoms with Gasteiger partial charge >= 0.3 is 11.9 Å². The van der Waals surface area contributed by atoms with Crippen molar-refractivity contribution in [2.24, 2.45) is 5.92 Å². The third kappa shape index (κ3) is 5.56. The summed E-state index contributed by atoms with van der Waals surface area (Å²) in [5.74, 6) is -0.641. The van der Waals surface area contributed by atoms with Crippen LogP contribution in [0.5, 0.6) is 5.75 Å². The van der Waals surface area contributed by atoms with Crippen LogP contribution in [0, 0.1) is 5.92 Å². The predicted molar refractivity (Wildman–Crippen MR) is 105 cm³/mol. The molecule has 3 rings (SSSR count). The highest BCUT2D eigenvalue weighted by Crippen LogP contribution is 2.35. The number of phenolic OH excluding ortho intramolecular Hbond substituents is 1. The van der Waals surface area contributed by atoms with Crippen LogP contribution in [0.15, 0.2) is 24.3 Å². The lowest BCUT2D eigenvalue weighted by molar-refractivity contribution is -0.249. The van der Waals surface area contributed by atoms with Crippen molar-refractivity contribution in [3.8, 4) is 5.75 Å². The number of phenols is 1. The van der Waals surface area contributed by atoms with E-state index in [-0.39, 0.29) is 18.3 Å². The smallest absolute Gasteiger partial charge is 0.303 e. The number of hydrogen-bond acceptors (Lipinski definition) is 10. The summed E-state index contributed by atoms with van der Waals surface area (Å²) in [6.45, 7) is 4.32. The summed E-state index contributed by atoms with van der Waals surface area (Å²) in [6.07, 6.45) is -2.35. The number of esters is 2. The van der Waals surface area contributed by atoms with Crippen LogP contribution < -0.4 is 0 Å². The van der Waals surface area contributed by atoms with Gasteiger partial charge in [0.25, 0.3) is 0 Å². The molecule has 31 heavy (non-hydrogen) atoms. The van der Waals surface area contributed by atoms with Gasteiger partial charge < -0.3 is 24.1 Å². The minimum atomic E-state index is -0.773. The van der Waals surface area contributed by atoms with Gasteiger partial charge in [-0.05, 0) is 22.9 Å². The summed E-state index contributed by atoms with van der Waals surface area (Å²) in [5, 5.41) is 22.0. The van der Waals surface area contributed by atoms with E-state index in [2.05, 4.69) is 15.4 Å². The number of tetrazole rings is 1. The molecule has 1 aliphatic rings. The Morgan fingerprint density at radius 1 is 1.16 bits per heavy atom. The van der Waals surface area contributed by atoms with Crippen LogP contribution in [0.4, 0.5) is 0 Å². The van der Waals surface area contributed by atoms with E-state index in [1.165, 1.54) is 25.8 Å². The van der Waals surface area contributed by atoms with Crippen molar-refractivity contribution in [1.82, 2.24) is 20.2 Å². The second-order valence-electron chi connectivity index (χ2n) is 7.37. The van der Waals surface area contributed by atoms with Crippen molar-refractivity contribution in [3.63, 3.8) is 0 Å². The quantitative estimate of drug-likeness (QED) is 0.629. The van der Waals surface area contributed by atoms with Crippen LogP contribution in [0.25, 0.3) is 0 Å². The third-order valence-electron chi connectivity index (χ3n) is 4.99. The van der Waals surface area contributed by atoms with Gasteiger partial charge in [0.1, 0.15) is 24.6 Å². The van der Waals surface area contributed by atoms with Gasteiger partial charge in [0.2, 0.25) is 0 Å². The molecular formula is C20H26N4O7. The molecule has 11 nitrogen and oxygen atoms in total. The molecule has 0 spiro atoms. The Labute approximate surface area is 179 Å². The fraction of sp³-hybridized carbons (Fsp3) is 0.550. The number of ether oxygens (including phenoxy) is 4. The average Bonchev–Trinajstić information content (AvgIpc) is 3.17. The maximum absolute atomic E-state index is 11.6. The van der Waals surface area contributed by atoms with Gasteiger partial charge in [-0.1, -0.05) is 19.1 Å². The molecule has 0 radical (unpaired) electrons. The number of benzene rings is 1. The average molecular weight is 434 g/mol. The summed E-state index contributed by atoms with van der Waals surface area (Å²) < 4.78 is 22.2. The lowest BCUT2D eigenvalue weighted by Crippen LogP contribution is -2.56. The molecule has 5 unspecified atom stereocenters. The SMILES string of the molecule is COC1C(C)C(n2nnc(Cc3ccc(O)cc3)n2)OC(COC(C)=O)C1OC(C)=O. The molecule has 1 aliphatic heterocycles. The van der Waals surface area contributed by atoms with Crippen molar-refractivity contribution >= 4 is 11.9 Å². The first-order valence-corrected chi connectivity index (χ1v) is 9.83. The van der Waals surface area contributed by atoms with Crippen LogP contribution in [-0.2, 0) is 35.0 Å². The largest absolute Gasteiger partial charge is 0.508 e. The molecule has 2 aromatic rings. The molecule has 0 saturated carbocycles. The molecule has 5 atom stereocenters. The predicted octanol–water partition coefficient (Wildman–Crippen LogP) is 1.01. The summed E-state index contributed by atoms with van der Waals surface area (Å²) in [7, 11) is 1.51. The Morgan fingerprint density at radius 3 is 2.48 bits per heavy atom. The second-order valence-corrected chi connectivity index (χ2v) is 7.37. The minimum Gasteiger partial charge on any atom is -0.508 e. The molecule has 2 heterocycles. The molecule has 1 N–H and O–H groups in total. The molecule has 168 valence electrons. The zero-order valence-electron chi connectivity index (χ0n) is 17.8. The van der Waals surface area contributed by atoms with Gasteiger partial charge in [-0.3, -0.25) is 9.59 Å². The second kappa shape index (κ2) is 9.84. The third-order valence-corrected chi connectivity index (χ3v) is 4.99. The van der Waals surface area contributed by atoms with E-state index in [1.54, 1.807) is 24.3 Å². The molecule has 1 saturated heterocycles. The molecule has 1 aromatic heterocycles. The number of methoxy groups -OCH3 is 1. The van der Waals surface area contributed by atoms with Crippen molar-refractivity contribution in [1.29, 1.82) is 0 Å². The topological polar surface area (TPSA) is 135 Å². The first-order chi connectivity index (χ1) is 14.8. The van der Waals surface area contributed by atoms with Gasteiger partial charge in [-0.15, -0.1) is 15.0 Å². The van der Waals surface area contributed by atoms with Gasteiger partial charge in [0.15, 0.2) is 18.2 Å². The zero-order valence-corrected chi connectivity index (χ0v) is 17.8. The summed E-state index contributed by atoms with van der Waals surface area (Å²) >= 11 is 0. The van der Waals surface area contributed by atoms with Crippen LogP contribution >= 0.6 is 0 Å². The monoisotopic (exact) mass is 434 g/mol. The minimum absolute atomic E-state index is 0.120. The maximum atomic E-state index is 11.6. The van der Waals surface area contributed by atoms with Gasteiger partial charge in [-0.2, -0.15) is 0 Å². The molecule has 1 aromatic carbocycles. The number of carbonyl (C=O) groups excluding carboxylic acids is 2. The van der Waals surface area contributed by atoms with E-state index in [4.69, 9.17) is 18.9 Å². The summed E-state index contributed by atoms with van der Waals surface area (Å²) in [4.78, 5) is 24.3. The first kappa shape index (κ1) is 22.6. The lowest BCUT2D eigenvalue weighted by atomic mass is 9.91. The summed E-state index contributed by atoms with van der Waals surface area (Å²) in [6, 6.07) is 6.72. The Hall–Kier alpha value is -3.05. The highest BCUT2D eigenvalue weighted by Gasteiger charge is 2.48. The van der Waals surface area contributed by atoms with Crippen molar-refractivity contribution in [2.45, 2.75) is 51.7 Å². The normalized spacial score (nSPS) is 25.7. The van der Waals surface area contributed by atoms with E-state index >= 15 is 0 Å². The molecule has 0 bridgehead atoms. The number of nitrogens with zero attached hydrogens (tertiary/aromatic N) is 4. The van der Waals surface area contributed by atoms with Crippen LogP contribution in [-0.4, -0.2) is 69.3 Å². The maximum Gasteiger partial charge on any atom is 0.303 e. The Kier molecular flexibility index (Phi) is 7.18. The van der Waals surface area contributed by atoms with Crippen LogP contribution in [0.3, 0.4) is 0 Å². The number of aromatic hydroxyl groups is 1. The van der Waals surface area contributed by atoms with Gasteiger partial charge in [0.05, 0.1) is 0 Å². The highest BCUT2D eigenvalue weighted by atomic mass is 16.6. The Morgan fingerprint density at radius 2 is 1.87 bits per heavy atom. The Bertz CT molecular complexity index is 901. The molecule has 0 amide bonds. The molecule has 11 heteroatoms.